The standard InChI is InChI=1S/C13H21NO/c1-10(2)11(3)9-14-12-5-7-13(15-4)8-6-12/h5-8,10-11,14H,9H2,1-4H3. The van der Waals surface area contributed by atoms with Crippen LogP contribution >= 0.6 is 0 Å². The lowest BCUT2D eigenvalue weighted by molar-refractivity contribution is 0.415. The third-order valence-electron chi connectivity index (χ3n) is 2.86. The molecule has 0 radical (unpaired) electrons. The summed E-state index contributed by atoms with van der Waals surface area (Å²) in [4.78, 5) is 0. The molecule has 84 valence electrons. The average molecular weight is 207 g/mol. The maximum absolute atomic E-state index is 5.11. The largest absolute Gasteiger partial charge is 0.497 e. The van der Waals surface area contributed by atoms with E-state index in [0.29, 0.717) is 5.92 Å². The van der Waals surface area contributed by atoms with E-state index in [-0.39, 0.29) is 0 Å². The van der Waals surface area contributed by atoms with Crippen LogP contribution in [0.5, 0.6) is 5.75 Å². The van der Waals surface area contributed by atoms with Crippen molar-refractivity contribution in [2.75, 3.05) is 19.0 Å². The van der Waals surface area contributed by atoms with Crippen molar-refractivity contribution in [3.63, 3.8) is 0 Å². The fourth-order valence-corrected chi connectivity index (χ4v) is 1.22. The molecular weight excluding hydrogens is 186 g/mol. The Hall–Kier alpha value is -1.18. The Balaban J connectivity index is 2.44. The van der Waals surface area contributed by atoms with Crippen LogP contribution in [0.15, 0.2) is 24.3 Å². The quantitative estimate of drug-likeness (QED) is 0.799. The molecule has 0 amide bonds. The number of hydrogen-bond acceptors (Lipinski definition) is 2. The summed E-state index contributed by atoms with van der Waals surface area (Å²) in [5, 5.41) is 3.42. The molecule has 0 aliphatic heterocycles. The summed E-state index contributed by atoms with van der Waals surface area (Å²) in [6, 6.07) is 8.04. The van der Waals surface area contributed by atoms with Crippen LogP contribution in [-0.2, 0) is 0 Å². The smallest absolute Gasteiger partial charge is 0.119 e. The fourth-order valence-electron chi connectivity index (χ4n) is 1.22. The zero-order valence-electron chi connectivity index (χ0n) is 10.1. The number of methoxy groups -OCH3 is 1. The zero-order chi connectivity index (χ0) is 11.3. The van der Waals surface area contributed by atoms with Crippen LogP contribution in [0.2, 0.25) is 0 Å². The first-order valence-corrected chi connectivity index (χ1v) is 5.51. The van der Waals surface area contributed by atoms with E-state index in [1.54, 1.807) is 7.11 Å². The van der Waals surface area contributed by atoms with Gasteiger partial charge in [0, 0.05) is 12.2 Å². The van der Waals surface area contributed by atoms with Crippen molar-refractivity contribution in [3.8, 4) is 5.75 Å². The van der Waals surface area contributed by atoms with Gasteiger partial charge in [-0.3, -0.25) is 0 Å². The topological polar surface area (TPSA) is 21.3 Å². The summed E-state index contributed by atoms with van der Waals surface area (Å²) in [6.45, 7) is 7.78. The van der Waals surface area contributed by atoms with Gasteiger partial charge in [0.05, 0.1) is 7.11 Å². The molecule has 1 unspecified atom stereocenters. The molecule has 0 heterocycles. The second-order valence-corrected chi connectivity index (χ2v) is 4.33. The van der Waals surface area contributed by atoms with Crippen molar-refractivity contribution >= 4 is 5.69 Å². The highest BCUT2D eigenvalue weighted by Gasteiger charge is 2.06. The Kier molecular flexibility index (Phi) is 4.47. The minimum absolute atomic E-state index is 0.687. The SMILES string of the molecule is COc1ccc(NCC(C)C(C)C)cc1. The van der Waals surface area contributed by atoms with Crippen LogP contribution in [0.3, 0.4) is 0 Å². The van der Waals surface area contributed by atoms with Gasteiger partial charge in [0.15, 0.2) is 0 Å². The first-order valence-electron chi connectivity index (χ1n) is 5.51. The third kappa shape index (κ3) is 3.82. The van der Waals surface area contributed by atoms with Crippen molar-refractivity contribution in [1.29, 1.82) is 0 Å². The molecule has 1 aromatic carbocycles. The molecule has 1 N–H and O–H groups in total. The zero-order valence-corrected chi connectivity index (χ0v) is 10.1. The number of nitrogens with one attached hydrogen (secondary N) is 1. The fraction of sp³-hybridized carbons (Fsp3) is 0.538. The van der Waals surface area contributed by atoms with Crippen molar-refractivity contribution in [2.24, 2.45) is 11.8 Å². The second kappa shape index (κ2) is 5.64. The first kappa shape index (κ1) is 11.9. The maximum Gasteiger partial charge on any atom is 0.119 e. The Bertz CT molecular complexity index is 279. The molecule has 0 aromatic heterocycles. The van der Waals surface area contributed by atoms with Crippen LogP contribution < -0.4 is 10.1 Å². The van der Waals surface area contributed by atoms with Gasteiger partial charge < -0.3 is 10.1 Å². The average Bonchev–Trinajstić information content (AvgIpc) is 2.26. The van der Waals surface area contributed by atoms with Gasteiger partial charge in [-0.1, -0.05) is 20.8 Å². The predicted molar refractivity (Wildman–Crippen MR) is 65.5 cm³/mol. The third-order valence-corrected chi connectivity index (χ3v) is 2.86. The summed E-state index contributed by atoms with van der Waals surface area (Å²) < 4.78 is 5.11. The molecule has 0 aliphatic rings. The van der Waals surface area contributed by atoms with Crippen molar-refractivity contribution < 1.29 is 4.74 Å². The number of rotatable bonds is 5. The lowest BCUT2D eigenvalue weighted by Crippen LogP contribution is -2.16. The van der Waals surface area contributed by atoms with Crippen molar-refractivity contribution in [3.05, 3.63) is 24.3 Å². The molecule has 1 atom stereocenters. The summed E-state index contributed by atoms with van der Waals surface area (Å²) >= 11 is 0. The molecule has 0 aliphatic carbocycles. The van der Waals surface area contributed by atoms with Gasteiger partial charge in [-0.25, -0.2) is 0 Å². The van der Waals surface area contributed by atoms with Gasteiger partial charge in [0.25, 0.3) is 0 Å². The minimum Gasteiger partial charge on any atom is -0.497 e. The van der Waals surface area contributed by atoms with E-state index in [0.717, 1.165) is 23.9 Å². The van der Waals surface area contributed by atoms with Crippen LogP contribution in [0, 0.1) is 11.8 Å². The number of ether oxygens (including phenoxy) is 1. The molecule has 0 bridgehead atoms. The van der Waals surface area contributed by atoms with E-state index in [1.807, 2.05) is 24.3 Å². The monoisotopic (exact) mass is 207 g/mol. The summed E-state index contributed by atoms with van der Waals surface area (Å²) in [7, 11) is 1.68. The Morgan fingerprint density at radius 3 is 2.20 bits per heavy atom. The molecule has 0 fully saturated rings. The Morgan fingerprint density at radius 1 is 1.13 bits per heavy atom. The van der Waals surface area contributed by atoms with E-state index in [9.17, 15) is 0 Å². The highest BCUT2D eigenvalue weighted by Crippen LogP contribution is 2.16. The van der Waals surface area contributed by atoms with E-state index < -0.39 is 0 Å². The van der Waals surface area contributed by atoms with E-state index in [1.165, 1.54) is 0 Å². The molecule has 2 heteroatoms. The molecule has 2 nitrogen and oxygen atoms in total. The van der Waals surface area contributed by atoms with Crippen LogP contribution in [-0.4, -0.2) is 13.7 Å². The maximum atomic E-state index is 5.11. The molecule has 0 spiro atoms. The van der Waals surface area contributed by atoms with E-state index >= 15 is 0 Å². The molecular formula is C13H21NO. The van der Waals surface area contributed by atoms with Gasteiger partial charge in [0.2, 0.25) is 0 Å². The molecule has 1 rings (SSSR count). The lowest BCUT2D eigenvalue weighted by Gasteiger charge is -2.16. The lowest BCUT2D eigenvalue weighted by atomic mass is 9.98. The van der Waals surface area contributed by atoms with Gasteiger partial charge >= 0.3 is 0 Å². The molecule has 15 heavy (non-hydrogen) atoms. The Morgan fingerprint density at radius 2 is 1.73 bits per heavy atom. The molecule has 0 saturated carbocycles. The van der Waals surface area contributed by atoms with Crippen LogP contribution in [0.4, 0.5) is 5.69 Å². The summed E-state index contributed by atoms with van der Waals surface area (Å²) in [5.74, 6) is 2.31. The number of hydrogen-bond donors (Lipinski definition) is 1. The summed E-state index contributed by atoms with van der Waals surface area (Å²) in [5.41, 5.74) is 1.16. The second-order valence-electron chi connectivity index (χ2n) is 4.33. The van der Waals surface area contributed by atoms with Crippen LogP contribution in [0.1, 0.15) is 20.8 Å². The number of anilines is 1. The highest BCUT2D eigenvalue weighted by atomic mass is 16.5. The van der Waals surface area contributed by atoms with E-state index in [2.05, 4.69) is 26.1 Å². The predicted octanol–water partition coefficient (Wildman–Crippen LogP) is 3.40. The summed E-state index contributed by atoms with van der Waals surface area (Å²) in [6.07, 6.45) is 0. The normalized spacial score (nSPS) is 12.6. The van der Waals surface area contributed by atoms with Gasteiger partial charge in [0.1, 0.15) is 5.75 Å². The van der Waals surface area contributed by atoms with Gasteiger partial charge in [-0.2, -0.15) is 0 Å². The molecule has 1 aromatic rings. The van der Waals surface area contributed by atoms with Crippen molar-refractivity contribution in [2.45, 2.75) is 20.8 Å². The molecule has 0 saturated heterocycles. The Labute approximate surface area is 92.6 Å². The minimum atomic E-state index is 0.687. The van der Waals surface area contributed by atoms with E-state index in [4.69, 9.17) is 4.74 Å². The van der Waals surface area contributed by atoms with Crippen molar-refractivity contribution in [1.82, 2.24) is 0 Å². The number of benzene rings is 1. The van der Waals surface area contributed by atoms with Gasteiger partial charge in [-0.05, 0) is 36.1 Å². The van der Waals surface area contributed by atoms with Gasteiger partial charge in [-0.15, -0.1) is 0 Å². The highest BCUT2D eigenvalue weighted by molar-refractivity contribution is 5.46. The first-order chi connectivity index (χ1) is 7.13. The van der Waals surface area contributed by atoms with Crippen LogP contribution in [0.25, 0.3) is 0 Å².